The van der Waals surface area contributed by atoms with Crippen molar-refractivity contribution in [2.24, 2.45) is 0 Å². The van der Waals surface area contributed by atoms with Crippen LogP contribution in [0.4, 0.5) is 5.95 Å². The van der Waals surface area contributed by atoms with Gasteiger partial charge in [-0.15, -0.1) is 0 Å². The van der Waals surface area contributed by atoms with Crippen LogP contribution in [0.25, 0.3) is 11.0 Å². The van der Waals surface area contributed by atoms with Crippen molar-refractivity contribution in [2.45, 2.75) is 18.9 Å². The number of hydrogen-bond acceptors (Lipinski definition) is 3. The van der Waals surface area contributed by atoms with Crippen LogP contribution in [0.2, 0.25) is 0 Å². The van der Waals surface area contributed by atoms with Gasteiger partial charge in [0.1, 0.15) is 0 Å². The minimum absolute atomic E-state index is 0.440. The zero-order valence-electron chi connectivity index (χ0n) is 10.4. The lowest BCUT2D eigenvalue weighted by Crippen LogP contribution is -2.33. The molecule has 2 aromatic rings. The molecule has 1 fully saturated rings. The highest BCUT2D eigenvalue weighted by Gasteiger charge is 2.22. The second-order valence-corrected chi connectivity index (χ2v) is 5.95. The number of piperidine rings is 1. The predicted octanol–water partition coefficient (Wildman–Crippen LogP) is 2.65. The molecule has 0 radical (unpaired) electrons. The van der Waals surface area contributed by atoms with Gasteiger partial charge >= 0.3 is 0 Å². The molecule has 1 unspecified atom stereocenters. The van der Waals surface area contributed by atoms with E-state index in [2.05, 4.69) is 43.5 Å². The summed E-state index contributed by atoms with van der Waals surface area (Å²) in [6, 6.07) is 6.61. The Labute approximate surface area is 115 Å². The standard InChI is InChI=1S/C13H17BrN4/c1-17-6-2-3-10(8-17)18-12-5-4-9(14)7-11(12)16-13(18)15/h4-5,7,10H,2-3,6,8H2,1H3,(H2,15,16). The molecule has 0 amide bonds. The zero-order chi connectivity index (χ0) is 12.7. The van der Waals surface area contributed by atoms with E-state index in [0.29, 0.717) is 12.0 Å². The summed E-state index contributed by atoms with van der Waals surface area (Å²) in [7, 11) is 2.16. The lowest BCUT2D eigenvalue weighted by Gasteiger charge is -2.31. The number of rotatable bonds is 1. The summed E-state index contributed by atoms with van der Waals surface area (Å²) in [4.78, 5) is 6.83. The Bertz CT molecular complexity index is 578. The van der Waals surface area contributed by atoms with Gasteiger partial charge in [-0.2, -0.15) is 0 Å². The molecule has 18 heavy (non-hydrogen) atoms. The van der Waals surface area contributed by atoms with Crippen LogP contribution in [0.3, 0.4) is 0 Å². The summed E-state index contributed by atoms with van der Waals surface area (Å²) < 4.78 is 3.23. The summed E-state index contributed by atoms with van der Waals surface area (Å²) >= 11 is 3.47. The summed E-state index contributed by atoms with van der Waals surface area (Å²) in [5.41, 5.74) is 8.20. The first-order valence-corrected chi connectivity index (χ1v) is 7.06. The van der Waals surface area contributed by atoms with Gasteiger partial charge in [0.05, 0.1) is 11.0 Å². The van der Waals surface area contributed by atoms with E-state index in [1.165, 1.54) is 19.4 Å². The number of benzene rings is 1. The Morgan fingerprint density at radius 1 is 1.44 bits per heavy atom. The third-order valence-electron chi connectivity index (χ3n) is 3.64. The number of halogens is 1. The number of nitrogens with zero attached hydrogens (tertiary/aromatic N) is 3. The SMILES string of the molecule is CN1CCCC(n2c(N)nc3cc(Br)ccc32)C1. The van der Waals surface area contributed by atoms with Crippen LogP contribution in [0.5, 0.6) is 0 Å². The predicted molar refractivity (Wildman–Crippen MR) is 77.6 cm³/mol. The highest BCUT2D eigenvalue weighted by Crippen LogP contribution is 2.29. The monoisotopic (exact) mass is 308 g/mol. The van der Waals surface area contributed by atoms with Crippen molar-refractivity contribution in [2.75, 3.05) is 25.9 Å². The minimum Gasteiger partial charge on any atom is -0.369 e. The van der Waals surface area contributed by atoms with Crippen molar-refractivity contribution < 1.29 is 0 Å². The highest BCUT2D eigenvalue weighted by atomic mass is 79.9. The molecule has 1 saturated heterocycles. The molecule has 2 heterocycles. The maximum atomic E-state index is 6.10. The smallest absolute Gasteiger partial charge is 0.201 e. The van der Waals surface area contributed by atoms with E-state index < -0.39 is 0 Å². The summed E-state index contributed by atoms with van der Waals surface area (Å²) in [6.07, 6.45) is 2.40. The molecule has 0 aliphatic carbocycles. The molecular weight excluding hydrogens is 292 g/mol. The van der Waals surface area contributed by atoms with E-state index in [4.69, 9.17) is 5.73 Å². The fourth-order valence-electron chi connectivity index (χ4n) is 2.82. The number of anilines is 1. The number of likely N-dealkylation sites (tertiary alicyclic amines) is 1. The summed E-state index contributed by atoms with van der Waals surface area (Å²) in [5.74, 6) is 0.628. The highest BCUT2D eigenvalue weighted by molar-refractivity contribution is 9.10. The first kappa shape index (κ1) is 12.0. The fourth-order valence-corrected chi connectivity index (χ4v) is 3.17. The number of hydrogen-bond donors (Lipinski definition) is 1. The maximum absolute atomic E-state index is 6.10. The van der Waals surface area contributed by atoms with Gasteiger partial charge in [0.15, 0.2) is 0 Å². The second-order valence-electron chi connectivity index (χ2n) is 5.03. The Morgan fingerprint density at radius 2 is 2.28 bits per heavy atom. The molecule has 1 aliphatic heterocycles. The van der Waals surface area contributed by atoms with Crippen LogP contribution in [0.1, 0.15) is 18.9 Å². The average molecular weight is 309 g/mol. The van der Waals surface area contributed by atoms with E-state index >= 15 is 0 Å². The van der Waals surface area contributed by atoms with Gasteiger partial charge in [0.25, 0.3) is 0 Å². The van der Waals surface area contributed by atoms with Gasteiger partial charge in [-0.1, -0.05) is 15.9 Å². The number of fused-ring (bicyclic) bond motifs is 1. The largest absolute Gasteiger partial charge is 0.369 e. The molecule has 0 bridgehead atoms. The molecule has 5 heteroatoms. The van der Waals surface area contributed by atoms with Crippen molar-refractivity contribution in [3.05, 3.63) is 22.7 Å². The minimum atomic E-state index is 0.440. The van der Waals surface area contributed by atoms with Crippen LogP contribution in [-0.2, 0) is 0 Å². The van der Waals surface area contributed by atoms with E-state index in [-0.39, 0.29) is 0 Å². The van der Waals surface area contributed by atoms with Gasteiger partial charge in [0.2, 0.25) is 5.95 Å². The van der Waals surface area contributed by atoms with Crippen LogP contribution < -0.4 is 5.73 Å². The Balaban J connectivity index is 2.07. The lowest BCUT2D eigenvalue weighted by atomic mass is 10.1. The number of nitrogen functional groups attached to an aromatic ring is 1. The summed E-state index contributed by atoms with van der Waals surface area (Å²) in [6.45, 7) is 2.22. The molecule has 0 saturated carbocycles. The molecule has 1 aromatic heterocycles. The van der Waals surface area contributed by atoms with Crippen molar-refractivity contribution in [3.63, 3.8) is 0 Å². The molecule has 0 spiro atoms. The van der Waals surface area contributed by atoms with Crippen LogP contribution in [0, 0.1) is 0 Å². The van der Waals surface area contributed by atoms with E-state index in [1.807, 2.05) is 12.1 Å². The number of imidazole rings is 1. The molecule has 1 atom stereocenters. The van der Waals surface area contributed by atoms with Crippen LogP contribution in [-0.4, -0.2) is 34.6 Å². The quantitative estimate of drug-likeness (QED) is 0.881. The Kier molecular flexibility index (Phi) is 3.03. The van der Waals surface area contributed by atoms with Gasteiger partial charge in [-0.3, -0.25) is 0 Å². The number of nitrogens with two attached hydrogens (primary N) is 1. The first-order chi connectivity index (χ1) is 8.65. The third kappa shape index (κ3) is 2.01. The Hall–Kier alpha value is -1.07. The molecule has 1 aliphatic rings. The molecule has 4 nitrogen and oxygen atoms in total. The summed E-state index contributed by atoms with van der Waals surface area (Å²) in [5, 5.41) is 0. The zero-order valence-corrected chi connectivity index (χ0v) is 12.0. The van der Waals surface area contributed by atoms with Crippen molar-refractivity contribution in [1.82, 2.24) is 14.5 Å². The third-order valence-corrected chi connectivity index (χ3v) is 4.14. The van der Waals surface area contributed by atoms with Gasteiger partial charge in [-0.25, -0.2) is 4.98 Å². The number of likely N-dealkylation sites (N-methyl/N-ethyl adjacent to an activating group) is 1. The fraction of sp³-hybridized carbons (Fsp3) is 0.462. The van der Waals surface area contributed by atoms with Crippen LogP contribution >= 0.6 is 15.9 Å². The van der Waals surface area contributed by atoms with Gasteiger partial charge in [-0.05, 0) is 44.6 Å². The van der Waals surface area contributed by atoms with Gasteiger partial charge in [0, 0.05) is 17.1 Å². The molecular formula is C13H17BrN4. The van der Waals surface area contributed by atoms with Crippen molar-refractivity contribution in [3.8, 4) is 0 Å². The van der Waals surface area contributed by atoms with Crippen molar-refractivity contribution in [1.29, 1.82) is 0 Å². The molecule has 96 valence electrons. The Morgan fingerprint density at radius 3 is 3.06 bits per heavy atom. The lowest BCUT2D eigenvalue weighted by molar-refractivity contribution is 0.216. The number of aromatic nitrogens is 2. The molecule has 3 rings (SSSR count). The van der Waals surface area contributed by atoms with E-state index in [0.717, 1.165) is 22.1 Å². The van der Waals surface area contributed by atoms with E-state index in [1.54, 1.807) is 0 Å². The van der Waals surface area contributed by atoms with Crippen molar-refractivity contribution >= 4 is 32.9 Å². The molecule has 2 N–H and O–H groups in total. The maximum Gasteiger partial charge on any atom is 0.201 e. The first-order valence-electron chi connectivity index (χ1n) is 6.26. The topological polar surface area (TPSA) is 47.1 Å². The van der Waals surface area contributed by atoms with E-state index in [9.17, 15) is 0 Å². The molecule has 1 aromatic carbocycles. The second kappa shape index (κ2) is 4.55. The normalized spacial score (nSPS) is 21.6. The average Bonchev–Trinajstić information content (AvgIpc) is 2.64. The van der Waals surface area contributed by atoms with Crippen LogP contribution in [0.15, 0.2) is 22.7 Å². The van der Waals surface area contributed by atoms with Gasteiger partial charge < -0.3 is 15.2 Å².